The topological polar surface area (TPSA) is 72.8 Å². The molecule has 2 heterocycles. The number of aromatic nitrogens is 2. The highest BCUT2D eigenvalue weighted by atomic mass is 35.5. The number of benzene rings is 1. The Morgan fingerprint density at radius 2 is 1.82 bits per heavy atom. The summed E-state index contributed by atoms with van der Waals surface area (Å²) in [6, 6.07) is 4.81. The number of hydrogen-bond acceptors (Lipinski definition) is 7. The van der Waals surface area contributed by atoms with E-state index in [9.17, 15) is 14.3 Å². The molecule has 1 N–H and O–H groups in total. The largest absolute Gasteiger partial charge is 0.387 e. The van der Waals surface area contributed by atoms with Crippen LogP contribution in [0.2, 0.25) is 5.02 Å². The number of rotatable bonds is 10. The summed E-state index contributed by atoms with van der Waals surface area (Å²) < 4.78 is 14.5. The van der Waals surface area contributed by atoms with Gasteiger partial charge in [0.15, 0.2) is 0 Å². The number of halogens is 2. The first-order valence-corrected chi connectivity index (χ1v) is 14.5. The molecule has 0 radical (unpaired) electrons. The average molecular weight is 542 g/mol. The van der Waals surface area contributed by atoms with Gasteiger partial charge in [0.05, 0.1) is 28.9 Å². The maximum atomic E-state index is 14.5. The molecule has 4 atom stereocenters. The highest BCUT2D eigenvalue weighted by Crippen LogP contribution is 2.43. The van der Waals surface area contributed by atoms with Crippen molar-refractivity contribution in [3.63, 3.8) is 0 Å². The van der Waals surface area contributed by atoms with Crippen molar-refractivity contribution < 1.29 is 14.3 Å². The molecule has 2 aromatic rings. The minimum Gasteiger partial charge on any atom is -0.387 e. The van der Waals surface area contributed by atoms with Gasteiger partial charge in [-0.05, 0) is 67.6 Å². The van der Waals surface area contributed by atoms with Crippen LogP contribution in [0.4, 0.5) is 10.2 Å². The number of carbonyl (C=O) groups is 1. The molecule has 1 saturated heterocycles. The van der Waals surface area contributed by atoms with Gasteiger partial charge < -0.3 is 14.8 Å². The van der Waals surface area contributed by atoms with Gasteiger partial charge in [0.25, 0.3) is 0 Å². The number of anilines is 1. The molecule has 0 bridgehead atoms. The van der Waals surface area contributed by atoms with E-state index in [2.05, 4.69) is 31.6 Å². The third-order valence-electron chi connectivity index (χ3n) is 8.82. The zero-order valence-corrected chi connectivity index (χ0v) is 22.7. The fourth-order valence-corrected chi connectivity index (χ4v) is 6.55. The van der Waals surface area contributed by atoms with Crippen molar-refractivity contribution in [2.45, 2.75) is 63.1 Å². The summed E-state index contributed by atoms with van der Waals surface area (Å²) in [6.45, 7) is 7.17. The molecule has 2 saturated carbocycles. The molecule has 6 rings (SSSR count). The molecule has 0 amide bonds. The average Bonchev–Trinajstić information content (AvgIpc) is 3.86. The SMILES string of the molecule is C[C@@H]1C[C@H](O)c2ncnc(N3CCN(C(C(C=O)c4ccc(Cl)c(F)c4)N(CC4CC4)CC4CC4)CC3)c21. The number of hydrogen-bond donors (Lipinski definition) is 1. The standard InChI is InChI=1S/C29H37ClFN5O2/c1-18-12-25(38)27-26(18)28(33-17-32-27)34-8-10-35(11-9-34)29(36(14-19-2-3-19)15-20-4-5-20)22(16-37)21-6-7-23(30)24(31)13-21/h6-7,13,16-20,22,25,29,38H,2-5,8-12,14-15H2,1H3/t18-,22?,25+,29?/m1/s1. The zero-order valence-electron chi connectivity index (χ0n) is 22.0. The van der Waals surface area contributed by atoms with Gasteiger partial charge in [-0.15, -0.1) is 0 Å². The molecule has 38 heavy (non-hydrogen) atoms. The maximum Gasteiger partial charge on any atom is 0.142 e. The number of fused-ring (bicyclic) bond motifs is 1. The number of nitrogens with zero attached hydrogens (tertiary/aromatic N) is 5. The molecule has 1 aliphatic heterocycles. The van der Waals surface area contributed by atoms with E-state index < -0.39 is 17.8 Å². The third-order valence-corrected chi connectivity index (χ3v) is 9.12. The summed E-state index contributed by atoms with van der Waals surface area (Å²) in [7, 11) is 0. The Morgan fingerprint density at radius 3 is 2.42 bits per heavy atom. The molecule has 3 aliphatic carbocycles. The Morgan fingerprint density at radius 1 is 1.13 bits per heavy atom. The monoisotopic (exact) mass is 541 g/mol. The molecule has 0 spiro atoms. The second-order valence-electron chi connectivity index (χ2n) is 11.8. The van der Waals surface area contributed by atoms with Gasteiger partial charge >= 0.3 is 0 Å². The Bertz CT molecular complexity index is 1150. The van der Waals surface area contributed by atoms with Crippen molar-refractivity contribution in [1.82, 2.24) is 19.8 Å². The van der Waals surface area contributed by atoms with Crippen molar-refractivity contribution in [1.29, 1.82) is 0 Å². The van der Waals surface area contributed by atoms with E-state index in [0.717, 1.165) is 62.6 Å². The van der Waals surface area contributed by atoms with E-state index in [0.29, 0.717) is 23.8 Å². The molecular formula is C29H37ClFN5O2. The Balaban J connectivity index is 1.27. The van der Waals surface area contributed by atoms with E-state index in [-0.39, 0.29) is 17.1 Å². The summed E-state index contributed by atoms with van der Waals surface area (Å²) in [5.41, 5.74) is 2.51. The Hall–Kier alpha value is -2.13. The van der Waals surface area contributed by atoms with E-state index >= 15 is 0 Å². The Kier molecular flexibility index (Phi) is 7.42. The van der Waals surface area contributed by atoms with E-state index in [1.165, 1.54) is 31.7 Å². The molecule has 204 valence electrons. The predicted molar refractivity (Wildman–Crippen MR) is 145 cm³/mol. The lowest BCUT2D eigenvalue weighted by atomic mass is 9.94. The molecule has 9 heteroatoms. The third kappa shape index (κ3) is 5.33. The van der Waals surface area contributed by atoms with Crippen LogP contribution in [0.15, 0.2) is 24.5 Å². The van der Waals surface area contributed by atoms with Gasteiger partial charge in [0.2, 0.25) is 0 Å². The summed E-state index contributed by atoms with van der Waals surface area (Å²) in [5, 5.41) is 10.5. The van der Waals surface area contributed by atoms with Crippen LogP contribution in [0.3, 0.4) is 0 Å². The molecule has 7 nitrogen and oxygen atoms in total. The highest BCUT2D eigenvalue weighted by molar-refractivity contribution is 6.30. The fraction of sp³-hybridized carbons (Fsp3) is 0.621. The van der Waals surface area contributed by atoms with Gasteiger partial charge in [-0.3, -0.25) is 9.80 Å². The van der Waals surface area contributed by atoms with Crippen molar-refractivity contribution in [2.75, 3.05) is 44.2 Å². The molecule has 1 aromatic heterocycles. The van der Waals surface area contributed by atoms with E-state index in [1.807, 2.05) is 0 Å². The summed E-state index contributed by atoms with van der Waals surface area (Å²) >= 11 is 5.99. The van der Waals surface area contributed by atoms with E-state index in [4.69, 9.17) is 11.6 Å². The van der Waals surface area contributed by atoms with Crippen LogP contribution in [0.1, 0.15) is 73.8 Å². The van der Waals surface area contributed by atoms with Gasteiger partial charge in [0.1, 0.15) is 24.2 Å². The lowest BCUT2D eigenvalue weighted by Gasteiger charge is -2.46. The highest BCUT2D eigenvalue weighted by Gasteiger charge is 2.41. The van der Waals surface area contributed by atoms with Crippen LogP contribution in [0, 0.1) is 17.7 Å². The number of carbonyl (C=O) groups excluding carboxylic acids is 1. The van der Waals surface area contributed by atoms with Crippen molar-refractivity contribution >= 4 is 23.7 Å². The normalized spacial score (nSPS) is 25.4. The van der Waals surface area contributed by atoms with Gasteiger partial charge in [-0.25, -0.2) is 14.4 Å². The first kappa shape index (κ1) is 26.1. The van der Waals surface area contributed by atoms with Crippen LogP contribution in [-0.2, 0) is 4.79 Å². The lowest BCUT2D eigenvalue weighted by Crippen LogP contribution is -2.59. The summed E-state index contributed by atoms with van der Waals surface area (Å²) in [5.74, 6) is 1.56. The van der Waals surface area contributed by atoms with Crippen molar-refractivity contribution in [3.05, 3.63) is 52.2 Å². The molecular weight excluding hydrogens is 505 g/mol. The number of aliphatic hydroxyl groups excluding tert-OH is 1. The second-order valence-corrected chi connectivity index (χ2v) is 12.2. The number of piperazine rings is 1. The second kappa shape index (κ2) is 10.8. The minimum atomic E-state index is -0.529. The maximum absolute atomic E-state index is 14.5. The molecule has 2 unspecified atom stereocenters. The van der Waals surface area contributed by atoms with Crippen LogP contribution in [-0.4, -0.2) is 76.6 Å². The zero-order chi connectivity index (χ0) is 26.4. The predicted octanol–water partition coefficient (Wildman–Crippen LogP) is 4.36. The molecule has 3 fully saturated rings. The first-order valence-electron chi connectivity index (χ1n) is 14.1. The smallest absolute Gasteiger partial charge is 0.142 e. The van der Waals surface area contributed by atoms with Gasteiger partial charge in [-0.1, -0.05) is 24.6 Å². The van der Waals surface area contributed by atoms with Crippen LogP contribution >= 0.6 is 11.6 Å². The first-order chi connectivity index (χ1) is 18.4. The van der Waals surface area contributed by atoms with Crippen LogP contribution in [0.5, 0.6) is 0 Å². The number of aliphatic hydroxyl groups is 1. The van der Waals surface area contributed by atoms with Gasteiger partial charge in [-0.2, -0.15) is 0 Å². The minimum absolute atomic E-state index is 0.0770. The quantitative estimate of drug-likeness (QED) is 0.448. The molecule has 4 aliphatic rings. The van der Waals surface area contributed by atoms with Crippen LogP contribution in [0.25, 0.3) is 0 Å². The fourth-order valence-electron chi connectivity index (χ4n) is 6.43. The Labute approximate surface area is 229 Å². The lowest BCUT2D eigenvalue weighted by molar-refractivity contribution is -0.113. The van der Waals surface area contributed by atoms with Crippen molar-refractivity contribution in [3.8, 4) is 0 Å². The summed E-state index contributed by atoms with van der Waals surface area (Å²) in [6.07, 6.45) is 7.56. The number of aldehydes is 1. The summed E-state index contributed by atoms with van der Waals surface area (Å²) in [4.78, 5) is 29.0. The van der Waals surface area contributed by atoms with E-state index in [1.54, 1.807) is 18.5 Å². The van der Waals surface area contributed by atoms with Gasteiger partial charge in [0, 0.05) is 44.8 Å². The van der Waals surface area contributed by atoms with Crippen LogP contribution < -0.4 is 4.90 Å². The van der Waals surface area contributed by atoms with Crippen molar-refractivity contribution in [2.24, 2.45) is 11.8 Å². The molecule has 1 aromatic carbocycles.